The molecule has 3 rings (SSSR count). The first-order valence-corrected chi connectivity index (χ1v) is 10.9. The second-order valence-corrected chi connectivity index (χ2v) is 7.93. The first-order chi connectivity index (χ1) is 15.0. The number of H-pyrrole nitrogens is 1. The zero-order valence-corrected chi connectivity index (χ0v) is 17.8. The van der Waals surface area contributed by atoms with E-state index in [1.54, 1.807) is 0 Å². The van der Waals surface area contributed by atoms with Gasteiger partial charge >= 0.3 is 0 Å². The minimum absolute atomic E-state index is 0.0182. The molecule has 1 unspecified atom stereocenters. The molecule has 2 heterocycles. The van der Waals surface area contributed by atoms with E-state index in [9.17, 15) is 14.4 Å². The molecule has 2 aliphatic rings. The third kappa shape index (κ3) is 8.95. The largest absolute Gasteiger partial charge is 0.483 e. The molecule has 1 aromatic rings. The molecule has 31 heavy (non-hydrogen) atoms. The maximum Gasteiger partial charge on any atom is 0.290 e. The van der Waals surface area contributed by atoms with E-state index in [1.807, 2.05) is 4.90 Å². The van der Waals surface area contributed by atoms with E-state index in [2.05, 4.69) is 10.5 Å². The Bertz CT molecular complexity index is 739. The number of carboxylic acid groups (broad SMARTS) is 1. The molecule has 0 bridgehead atoms. The highest BCUT2D eigenvalue weighted by Gasteiger charge is 2.27. The Kier molecular flexibility index (Phi) is 10.8. The number of morpholine rings is 1. The van der Waals surface area contributed by atoms with Crippen LogP contribution >= 0.6 is 0 Å². The van der Waals surface area contributed by atoms with Gasteiger partial charge in [0.25, 0.3) is 12.0 Å². The minimum atomic E-state index is -0.296. The number of amides is 2. The van der Waals surface area contributed by atoms with Gasteiger partial charge in [-0.15, -0.1) is 0 Å². The molecule has 1 atom stereocenters. The molecule has 2 amide bonds. The van der Waals surface area contributed by atoms with E-state index in [-0.39, 0.29) is 36.3 Å². The number of hydrogen-bond donors (Lipinski definition) is 3. The summed E-state index contributed by atoms with van der Waals surface area (Å²) in [6.07, 6.45) is 8.05. The lowest BCUT2D eigenvalue weighted by Gasteiger charge is -2.35. The molecule has 2 fully saturated rings. The molecular formula is C21H33N3O7. The van der Waals surface area contributed by atoms with Crippen molar-refractivity contribution >= 4 is 18.3 Å². The van der Waals surface area contributed by atoms with Crippen LogP contribution in [0.15, 0.2) is 15.4 Å². The lowest BCUT2D eigenvalue weighted by atomic mass is 10.0. The number of aryl methyl sites for hydroxylation is 1. The predicted octanol–water partition coefficient (Wildman–Crippen LogP) is 1.31. The van der Waals surface area contributed by atoms with Gasteiger partial charge in [-0.2, -0.15) is 5.16 Å². The average molecular weight is 440 g/mol. The summed E-state index contributed by atoms with van der Waals surface area (Å²) in [7, 11) is 0. The molecule has 3 N–H and O–H groups in total. The van der Waals surface area contributed by atoms with Crippen LogP contribution in [-0.4, -0.2) is 65.8 Å². The van der Waals surface area contributed by atoms with Gasteiger partial charge in [0.2, 0.25) is 11.8 Å². The van der Waals surface area contributed by atoms with Crippen LogP contribution in [0, 0.1) is 5.92 Å². The normalized spacial score (nSPS) is 18.8. The minimum Gasteiger partial charge on any atom is -0.483 e. The maximum absolute atomic E-state index is 12.6. The van der Waals surface area contributed by atoms with Crippen molar-refractivity contribution in [1.82, 2.24) is 15.4 Å². The van der Waals surface area contributed by atoms with E-state index in [0.29, 0.717) is 51.3 Å². The van der Waals surface area contributed by atoms with Crippen LogP contribution in [-0.2, 0) is 25.5 Å². The van der Waals surface area contributed by atoms with Crippen LogP contribution < -0.4 is 10.9 Å². The number of aromatic amines is 1. The van der Waals surface area contributed by atoms with Crippen LogP contribution in [0.1, 0.15) is 57.1 Å². The molecule has 1 aliphatic carbocycles. The summed E-state index contributed by atoms with van der Waals surface area (Å²) in [5.74, 6) is 1.32. The van der Waals surface area contributed by atoms with Gasteiger partial charge in [-0.3, -0.25) is 19.2 Å². The first kappa shape index (κ1) is 24.6. The lowest BCUT2D eigenvalue weighted by Crippen LogP contribution is -2.49. The zero-order valence-electron chi connectivity index (χ0n) is 17.8. The van der Waals surface area contributed by atoms with Crippen molar-refractivity contribution in [3.05, 3.63) is 22.2 Å². The van der Waals surface area contributed by atoms with Crippen LogP contribution in [0.4, 0.5) is 0 Å². The smallest absolute Gasteiger partial charge is 0.290 e. The topological polar surface area (TPSA) is 142 Å². The van der Waals surface area contributed by atoms with E-state index in [0.717, 1.165) is 12.3 Å². The maximum atomic E-state index is 12.6. The fraction of sp³-hybridized carbons (Fsp3) is 0.714. The van der Waals surface area contributed by atoms with Crippen LogP contribution in [0.2, 0.25) is 0 Å². The van der Waals surface area contributed by atoms with Crippen molar-refractivity contribution in [2.45, 2.75) is 63.8 Å². The number of ether oxygens (including phenoxy) is 1. The third-order valence-corrected chi connectivity index (χ3v) is 5.76. The van der Waals surface area contributed by atoms with E-state index in [1.165, 1.54) is 31.7 Å². The number of hydrogen-bond acceptors (Lipinski definition) is 6. The number of aromatic nitrogens is 1. The fourth-order valence-corrected chi connectivity index (χ4v) is 4.14. The zero-order chi connectivity index (χ0) is 22.5. The molecule has 0 radical (unpaired) electrons. The van der Waals surface area contributed by atoms with E-state index < -0.39 is 0 Å². The Morgan fingerprint density at radius 2 is 2.00 bits per heavy atom. The Balaban J connectivity index is 0.00000107. The highest BCUT2D eigenvalue weighted by atomic mass is 16.5. The average Bonchev–Trinajstić information content (AvgIpc) is 3.43. The molecule has 0 spiro atoms. The third-order valence-electron chi connectivity index (χ3n) is 5.76. The van der Waals surface area contributed by atoms with Crippen LogP contribution in [0.5, 0.6) is 0 Å². The standard InChI is InChI=1S/C20H31N3O5.CH2O2/c24-18(7-5-15-3-1-2-4-15)21-10-9-16-14-27-12-11-23(16)20(26)8-6-17-13-19(25)22-28-17;2-1-3/h13,15-16H,1-12,14H2,(H,21,24)(H,22,25);1H,(H,2,3). The first-order valence-electron chi connectivity index (χ1n) is 10.9. The molecule has 10 heteroatoms. The second-order valence-electron chi connectivity index (χ2n) is 7.93. The van der Waals surface area contributed by atoms with E-state index in [4.69, 9.17) is 19.2 Å². The number of nitrogens with zero attached hydrogens (tertiary/aromatic N) is 1. The van der Waals surface area contributed by atoms with Gasteiger partial charge < -0.3 is 24.6 Å². The highest BCUT2D eigenvalue weighted by molar-refractivity contribution is 5.77. The summed E-state index contributed by atoms with van der Waals surface area (Å²) in [6.45, 7) is 1.86. The summed E-state index contributed by atoms with van der Waals surface area (Å²) < 4.78 is 10.5. The monoisotopic (exact) mass is 439 g/mol. The van der Waals surface area contributed by atoms with Crippen molar-refractivity contribution in [1.29, 1.82) is 0 Å². The van der Waals surface area contributed by atoms with Crippen molar-refractivity contribution < 1.29 is 28.8 Å². The quantitative estimate of drug-likeness (QED) is 0.492. The number of rotatable bonds is 9. The van der Waals surface area contributed by atoms with Gasteiger partial charge in [0.1, 0.15) is 5.76 Å². The van der Waals surface area contributed by atoms with Crippen LogP contribution in [0.25, 0.3) is 0 Å². The molecule has 1 aromatic heterocycles. The predicted molar refractivity (Wildman–Crippen MR) is 111 cm³/mol. The fourth-order valence-electron chi connectivity index (χ4n) is 4.14. The lowest BCUT2D eigenvalue weighted by molar-refractivity contribution is -0.140. The Morgan fingerprint density at radius 1 is 1.26 bits per heavy atom. The van der Waals surface area contributed by atoms with Gasteiger partial charge in [-0.1, -0.05) is 25.7 Å². The molecule has 174 valence electrons. The SMILES string of the molecule is O=C(CCC1CCCC1)NCCC1COCCN1C(=O)CCc1cc(=O)[nH]o1.O=CO. The molecule has 1 aliphatic heterocycles. The molecular weight excluding hydrogens is 406 g/mol. The molecule has 0 aromatic carbocycles. The number of nitrogens with one attached hydrogen (secondary N) is 2. The summed E-state index contributed by atoms with van der Waals surface area (Å²) in [6, 6.07) is 1.33. The summed E-state index contributed by atoms with van der Waals surface area (Å²) in [5.41, 5.74) is -0.296. The van der Waals surface area contributed by atoms with Crippen molar-refractivity contribution in [3.8, 4) is 0 Å². The number of carbonyl (C=O) groups excluding carboxylic acids is 2. The van der Waals surface area contributed by atoms with Gasteiger partial charge in [-0.25, -0.2) is 0 Å². The molecule has 1 saturated heterocycles. The Hall–Kier alpha value is -2.62. The molecule has 1 saturated carbocycles. The van der Waals surface area contributed by atoms with Gasteiger partial charge in [-0.05, 0) is 18.8 Å². The summed E-state index contributed by atoms with van der Waals surface area (Å²) in [5, 5.41) is 12.1. The summed E-state index contributed by atoms with van der Waals surface area (Å²) >= 11 is 0. The van der Waals surface area contributed by atoms with Crippen molar-refractivity contribution in [2.24, 2.45) is 5.92 Å². The van der Waals surface area contributed by atoms with Crippen LogP contribution in [0.3, 0.4) is 0 Å². The highest BCUT2D eigenvalue weighted by Crippen LogP contribution is 2.28. The Morgan fingerprint density at radius 3 is 2.68 bits per heavy atom. The Labute approximate surface area is 181 Å². The summed E-state index contributed by atoms with van der Waals surface area (Å²) in [4.78, 5) is 45.9. The van der Waals surface area contributed by atoms with Crippen molar-refractivity contribution in [2.75, 3.05) is 26.3 Å². The second kappa shape index (κ2) is 13.6. The number of carbonyl (C=O) groups is 3. The van der Waals surface area contributed by atoms with Gasteiger partial charge in [0.05, 0.1) is 19.3 Å². The van der Waals surface area contributed by atoms with Gasteiger partial charge in [0, 0.05) is 38.4 Å². The molecule has 10 nitrogen and oxygen atoms in total. The van der Waals surface area contributed by atoms with Gasteiger partial charge in [0.15, 0.2) is 0 Å². The van der Waals surface area contributed by atoms with E-state index >= 15 is 0 Å². The van der Waals surface area contributed by atoms with Crippen molar-refractivity contribution in [3.63, 3.8) is 0 Å².